The van der Waals surface area contributed by atoms with Crippen molar-refractivity contribution in [2.45, 2.75) is 130 Å². The van der Waals surface area contributed by atoms with E-state index in [-0.39, 0.29) is 6.09 Å². The number of alkyl carbamates (subject to hydrolysis) is 1. The van der Waals surface area contributed by atoms with Crippen LogP contribution in [0.5, 0.6) is 0 Å². The molecule has 192 valence electrons. The molecule has 0 aromatic heterocycles. The lowest BCUT2D eigenvalue weighted by Gasteiger charge is -2.22. The summed E-state index contributed by atoms with van der Waals surface area (Å²) in [5.41, 5.74) is -0.461. The van der Waals surface area contributed by atoms with Crippen LogP contribution in [0.4, 0.5) is 4.79 Å². The Kier molecular flexibility index (Phi) is 21.4. The van der Waals surface area contributed by atoms with Gasteiger partial charge in [-0.3, -0.25) is 0 Å². The highest BCUT2D eigenvalue weighted by atomic mass is 16.6. The lowest BCUT2D eigenvalue weighted by atomic mass is 10.1. The molecule has 0 radical (unpaired) electrons. The van der Waals surface area contributed by atoms with Crippen molar-refractivity contribution < 1.29 is 14.3 Å². The predicted molar refractivity (Wildman–Crippen MR) is 137 cm³/mol. The van der Waals surface area contributed by atoms with Crippen molar-refractivity contribution in [3.63, 3.8) is 0 Å². The number of carbonyl (C=O) groups is 1. The van der Waals surface area contributed by atoms with Crippen molar-refractivity contribution >= 4 is 6.09 Å². The normalized spacial score (nSPS) is 11.8. The molecule has 32 heavy (non-hydrogen) atoms. The van der Waals surface area contributed by atoms with Crippen LogP contribution in [0.2, 0.25) is 0 Å². The third kappa shape index (κ3) is 23.8. The fourth-order valence-corrected chi connectivity index (χ4v) is 3.76. The number of rotatable bonds is 22. The molecular formula is C27H56N2O3. The second kappa shape index (κ2) is 22.0. The van der Waals surface area contributed by atoms with E-state index in [2.05, 4.69) is 24.1 Å². The summed E-state index contributed by atoms with van der Waals surface area (Å²) < 4.78 is 11.0. The average molecular weight is 457 g/mol. The minimum absolute atomic E-state index is 0.374. The molecule has 1 amide bonds. The Hall–Kier alpha value is -0.810. The summed E-state index contributed by atoms with van der Waals surface area (Å²) in [5.74, 6) is 0. The van der Waals surface area contributed by atoms with Crippen molar-refractivity contribution in [2.75, 3.05) is 39.4 Å². The fourth-order valence-electron chi connectivity index (χ4n) is 3.76. The molecule has 0 unspecified atom stereocenters. The predicted octanol–water partition coefficient (Wildman–Crippen LogP) is 7.33. The molecule has 0 saturated carbocycles. The monoisotopic (exact) mass is 456 g/mol. The molecule has 0 atom stereocenters. The number of nitrogens with zero attached hydrogens (tertiary/aromatic N) is 1. The zero-order chi connectivity index (χ0) is 23.9. The zero-order valence-electron chi connectivity index (χ0n) is 22.3. The maximum atomic E-state index is 11.7. The van der Waals surface area contributed by atoms with Crippen LogP contribution < -0.4 is 5.32 Å². The van der Waals surface area contributed by atoms with Gasteiger partial charge in [-0.05, 0) is 46.7 Å². The van der Waals surface area contributed by atoms with E-state index in [1.807, 2.05) is 20.8 Å². The largest absolute Gasteiger partial charge is 0.444 e. The van der Waals surface area contributed by atoms with Gasteiger partial charge in [-0.1, -0.05) is 90.9 Å². The van der Waals surface area contributed by atoms with Crippen LogP contribution in [-0.2, 0) is 9.47 Å². The van der Waals surface area contributed by atoms with E-state index in [9.17, 15) is 4.79 Å². The minimum atomic E-state index is -0.461. The van der Waals surface area contributed by atoms with Gasteiger partial charge < -0.3 is 19.7 Å². The van der Waals surface area contributed by atoms with Gasteiger partial charge in [0.2, 0.25) is 0 Å². The Morgan fingerprint density at radius 1 is 0.688 bits per heavy atom. The van der Waals surface area contributed by atoms with Gasteiger partial charge in [-0.25, -0.2) is 4.79 Å². The Labute approximate surface area is 200 Å². The van der Waals surface area contributed by atoms with Crippen LogP contribution in [0.3, 0.4) is 0 Å². The SMILES string of the molecule is CCCCCCCCCN(CCCCCCCCC)CCOCCNC(=O)OC(C)(C)C. The standard InChI is InChI=1S/C27H56N2O3/c1-6-8-10-12-14-16-18-21-29(22-19-17-15-13-11-9-7-2)23-25-31-24-20-28-26(30)32-27(3,4)5/h6-25H2,1-5H3,(H,28,30). The molecular weight excluding hydrogens is 400 g/mol. The number of unbranched alkanes of at least 4 members (excludes halogenated alkanes) is 12. The molecule has 0 rings (SSSR count). The van der Waals surface area contributed by atoms with Crippen molar-refractivity contribution in [3.8, 4) is 0 Å². The van der Waals surface area contributed by atoms with Gasteiger partial charge in [0.1, 0.15) is 5.60 Å². The van der Waals surface area contributed by atoms with Gasteiger partial charge in [0, 0.05) is 13.1 Å². The summed E-state index contributed by atoms with van der Waals surface area (Å²) in [6.07, 6.45) is 18.6. The average Bonchev–Trinajstić information content (AvgIpc) is 2.72. The van der Waals surface area contributed by atoms with E-state index >= 15 is 0 Å². The Morgan fingerprint density at radius 2 is 1.16 bits per heavy atom. The molecule has 0 aliphatic carbocycles. The van der Waals surface area contributed by atoms with E-state index in [0.717, 1.165) is 13.2 Å². The molecule has 0 bridgehead atoms. The molecule has 1 N–H and O–H groups in total. The Bertz CT molecular complexity index is 392. The minimum Gasteiger partial charge on any atom is -0.444 e. The zero-order valence-corrected chi connectivity index (χ0v) is 22.3. The fraction of sp³-hybridized carbons (Fsp3) is 0.963. The van der Waals surface area contributed by atoms with Gasteiger partial charge in [0.15, 0.2) is 0 Å². The second-order valence-electron chi connectivity index (χ2n) is 10.1. The summed E-state index contributed by atoms with van der Waals surface area (Å²) in [6.45, 7) is 15.3. The molecule has 0 aromatic carbocycles. The second-order valence-corrected chi connectivity index (χ2v) is 10.1. The summed E-state index contributed by atoms with van der Waals surface area (Å²) in [6, 6.07) is 0. The number of hydrogen-bond donors (Lipinski definition) is 1. The first-order valence-electron chi connectivity index (χ1n) is 13.7. The smallest absolute Gasteiger partial charge is 0.407 e. The van der Waals surface area contributed by atoms with Crippen LogP contribution in [0.1, 0.15) is 125 Å². The van der Waals surface area contributed by atoms with Crippen molar-refractivity contribution in [3.05, 3.63) is 0 Å². The van der Waals surface area contributed by atoms with E-state index in [4.69, 9.17) is 9.47 Å². The summed E-state index contributed by atoms with van der Waals surface area (Å²) in [4.78, 5) is 14.2. The molecule has 0 aliphatic rings. The third-order valence-corrected chi connectivity index (χ3v) is 5.62. The van der Waals surface area contributed by atoms with E-state index in [0.29, 0.717) is 13.2 Å². The van der Waals surface area contributed by atoms with Crippen LogP contribution in [-0.4, -0.2) is 56.0 Å². The summed E-state index contributed by atoms with van der Waals surface area (Å²) in [5, 5.41) is 2.75. The van der Waals surface area contributed by atoms with Crippen LogP contribution in [0.15, 0.2) is 0 Å². The van der Waals surface area contributed by atoms with Gasteiger partial charge in [-0.2, -0.15) is 0 Å². The number of carbonyl (C=O) groups excluding carboxylic acids is 1. The quantitative estimate of drug-likeness (QED) is 0.173. The third-order valence-electron chi connectivity index (χ3n) is 5.62. The van der Waals surface area contributed by atoms with Gasteiger partial charge in [0.25, 0.3) is 0 Å². The lowest BCUT2D eigenvalue weighted by molar-refractivity contribution is 0.0490. The highest BCUT2D eigenvalue weighted by Crippen LogP contribution is 2.10. The number of hydrogen-bond acceptors (Lipinski definition) is 4. The lowest BCUT2D eigenvalue weighted by Crippen LogP contribution is -2.35. The molecule has 5 nitrogen and oxygen atoms in total. The molecule has 0 heterocycles. The topological polar surface area (TPSA) is 50.8 Å². The molecule has 0 aliphatic heterocycles. The first-order valence-corrected chi connectivity index (χ1v) is 13.7. The molecule has 0 spiro atoms. The molecule has 0 fully saturated rings. The maximum Gasteiger partial charge on any atom is 0.407 e. The highest BCUT2D eigenvalue weighted by Gasteiger charge is 2.15. The van der Waals surface area contributed by atoms with E-state index < -0.39 is 5.60 Å². The number of ether oxygens (including phenoxy) is 2. The van der Waals surface area contributed by atoms with Gasteiger partial charge in [-0.15, -0.1) is 0 Å². The van der Waals surface area contributed by atoms with Crippen molar-refractivity contribution in [1.29, 1.82) is 0 Å². The Morgan fingerprint density at radius 3 is 1.62 bits per heavy atom. The van der Waals surface area contributed by atoms with E-state index in [1.165, 1.54) is 103 Å². The Balaban J connectivity index is 3.97. The molecule has 5 heteroatoms. The first-order chi connectivity index (χ1) is 15.4. The van der Waals surface area contributed by atoms with Crippen molar-refractivity contribution in [2.24, 2.45) is 0 Å². The highest BCUT2D eigenvalue weighted by molar-refractivity contribution is 5.67. The molecule has 0 aromatic rings. The first kappa shape index (κ1) is 31.2. The number of amides is 1. The molecule has 0 saturated heterocycles. The summed E-state index contributed by atoms with van der Waals surface area (Å²) >= 11 is 0. The van der Waals surface area contributed by atoms with Crippen molar-refractivity contribution in [1.82, 2.24) is 10.2 Å². The summed E-state index contributed by atoms with van der Waals surface area (Å²) in [7, 11) is 0. The van der Waals surface area contributed by atoms with Gasteiger partial charge in [0.05, 0.1) is 13.2 Å². The van der Waals surface area contributed by atoms with Crippen LogP contribution in [0, 0.1) is 0 Å². The van der Waals surface area contributed by atoms with Gasteiger partial charge >= 0.3 is 6.09 Å². The van der Waals surface area contributed by atoms with Crippen LogP contribution in [0.25, 0.3) is 0 Å². The van der Waals surface area contributed by atoms with Crippen LogP contribution >= 0.6 is 0 Å². The van der Waals surface area contributed by atoms with E-state index in [1.54, 1.807) is 0 Å². The number of nitrogens with one attached hydrogen (secondary N) is 1. The maximum absolute atomic E-state index is 11.7.